The van der Waals surface area contributed by atoms with Crippen molar-refractivity contribution in [2.75, 3.05) is 13.1 Å². The Bertz CT molecular complexity index is 510. The van der Waals surface area contributed by atoms with Crippen molar-refractivity contribution >= 4 is 21.4 Å². The molecular weight excluding hydrogens is 268 g/mol. The first-order valence-electron chi connectivity index (χ1n) is 6.29. The lowest BCUT2D eigenvalue weighted by molar-refractivity contribution is 0.245. The first kappa shape index (κ1) is 14.0. The van der Waals surface area contributed by atoms with Gasteiger partial charge in [-0.15, -0.1) is 11.3 Å². The van der Waals surface area contributed by atoms with Crippen LogP contribution >= 0.6 is 11.3 Å². The molecule has 18 heavy (non-hydrogen) atoms. The number of aryl methyl sites for hydroxylation is 1. The molecule has 2 unspecified atom stereocenters. The topological polar surface area (TPSA) is 49.4 Å². The van der Waals surface area contributed by atoms with E-state index in [4.69, 9.17) is 0 Å². The van der Waals surface area contributed by atoms with Crippen LogP contribution in [-0.2, 0) is 16.4 Å². The van der Waals surface area contributed by atoms with E-state index in [0.717, 1.165) is 11.3 Å². The van der Waals surface area contributed by atoms with Crippen LogP contribution in [0.15, 0.2) is 16.3 Å². The van der Waals surface area contributed by atoms with Crippen molar-refractivity contribution in [2.24, 2.45) is 0 Å². The summed E-state index contributed by atoms with van der Waals surface area (Å²) in [6, 6.07) is 3.87. The Kier molecular flexibility index (Phi) is 4.11. The van der Waals surface area contributed by atoms with Crippen LogP contribution in [0.5, 0.6) is 0 Å². The van der Waals surface area contributed by atoms with Gasteiger partial charge in [0.2, 0.25) is 0 Å². The minimum absolute atomic E-state index is 0.0124. The number of hydrogen-bond acceptors (Lipinski definition) is 4. The lowest BCUT2D eigenvalue weighted by Crippen LogP contribution is -2.55. The molecule has 1 aromatic rings. The van der Waals surface area contributed by atoms with Gasteiger partial charge in [-0.25, -0.2) is 8.42 Å². The molecule has 0 bridgehead atoms. The summed E-state index contributed by atoms with van der Waals surface area (Å²) >= 11 is 1.39. The van der Waals surface area contributed by atoms with Gasteiger partial charge in [0, 0.05) is 30.1 Å². The van der Waals surface area contributed by atoms with Crippen LogP contribution < -0.4 is 5.32 Å². The molecule has 0 saturated carbocycles. The van der Waals surface area contributed by atoms with E-state index in [9.17, 15) is 8.42 Å². The third kappa shape index (κ3) is 2.61. The number of thiophene rings is 1. The molecule has 0 aliphatic carbocycles. The number of hydrogen-bond donors (Lipinski definition) is 1. The summed E-state index contributed by atoms with van der Waals surface area (Å²) in [5, 5.41) is 3.30. The highest BCUT2D eigenvalue weighted by molar-refractivity contribution is 7.91. The zero-order valence-corrected chi connectivity index (χ0v) is 12.6. The third-order valence-electron chi connectivity index (χ3n) is 3.26. The van der Waals surface area contributed by atoms with Gasteiger partial charge in [0.1, 0.15) is 4.21 Å². The lowest BCUT2D eigenvalue weighted by atomic mass is 10.2. The zero-order chi connectivity index (χ0) is 13.3. The molecule has 0 spiro atoms. The van der Waals surface area contributed by atoms with Gasteiger partial charge in [-0.2, -0.15) is 4.31 Å². The maximum absolute atomic E-state index is 12.6. The zero-order valence-electron chi connectivity index (χ0n) is 11.0. The van der Waals surface area contributed by atoms with Gasteiger partial charge in [-0.1, -0.05) is 6.92 Å². The summed E-state index contributed by atoms with van der Waals surface area (Å²) < 4.78 is 27.3. The van der Waals surface area contributed by atoms with Gasteiger partial charge in [0.15, 0.2) is 0 Å². The fourth-order valence-corrected chi connectivity index (χ4v) is 5.27. The number of piperazine rings is 1. The second-order valence-electron chi connectivity index (χ2n) is 4.81. The van der Waals surface area contributed by atoms with Gasteiger partial charge in [0.05, 0.1) is 0 Å². The van der Waals surface area contributed by atoms with E-state index in [1.165, 1.54) is 11.3 Å². The van der Waals surface area contributed by atoms with Crippen molar-refractivity contribution in [3.63, 3.8) is 0 Å². The summed E-state index contributed by atoms with van der Waals surface area (Å²) in [5.41, 5.74) is 0. The summed E-state index contributed by atoms with van der Waals surface area (Å²) in [6.07, 6.45) is 0.883. The Balaban J connectivity index is 2.29. The van der Waals surface area contributed by atoms with E-state index in [1.807, 2.05) is 26.8 Å². The highest BCUT2D eigenvalue weighted by atomic mass is 32.2. The van der Waals surface area contributed by atoms with Crippen LogP contribution in [0.1, 0.15) is 25.6 Å². The standard InChI is InChI=1S/C12H20N2O2S2/c1-4-11-5-6-12(17-11)18(15,16)14-8-9(2)13-7-10(14)3/h5-6,9-10,13H,4,7-8H2,1-3H3. The average molecular weight is 288 g/mol. The first-order chi connectivity index (χ1) is 8.45. The van der Waals surface area contributed by atoms with Gasteiger partial charge in [-0.05, 0) is 32.4 Å². The van der Waals surface area contributed by atoms with Crippen molar-refractivity contribution in [2.45, 2.75) is 43.5 Å². The van der Waals surface area contributed by atoms with Crippen LogP contribution in [-0.4, -0.2) is 37.9 Å². The van der Waals surface area contributed by atoms with Crippen LogP contribution in [0.2, 0.25) is 0 Å². The lowest BCUT2D eigenvalue weighted by Gasteiger charge is -2.36. The molecule has 4 nitrogen and oxygen atoms in total. The number of sulfonamides is 1. The first-order valence-corrected chi connectivity index (χ1v) is 8.54. The van der Waals surface area contributed by atoms with E-state index in [0.29, 0.717) is 17.3 Å². The molecule has 0 amide bonds. The van der Waals surface area contributed by atoms with E-state index < -0.39 is 10.0 Å². The second-order valence-corrected chi connectivity index (χ2v) is 8.09. The normalized spacial score (nSPS) is 26.4. The van der Waals surface area contributed by atoms with Crippen LogP contribution in [0.25, 0.3) is 0 Å². The highest BCUT2D eigenvalue weighted by Gasteiger charge is 2.34. The smallest absolute Gasteiger partial charge is 0.252 e. The number of rotatable bonds is 3. The molecule has 1 saturated heterocycles. The maximum atomic E-state index is 12.6. The Morgan fingerprint density at radius 2 is 2.17 bits per heavy atom. The maximum Gasteiger partial charge on any atom is 0.252 e. The van der Waals surface area contributed by atoms with Crippen molar-refractivity contribution in [1.82, 2.24) is 9.62 Å². The van der Waals surface area contributed by atoms with Crippen molar-refractivity contribution < 1.29 is 8.42 Å². The second kappa shape index (κ2) is 5.28. The van der Waals surface area contributed by atoms with E-state index in [-0.39, 0.29) is 12.1 Å². The van der Waals surface area contributed by atoms with Gasteiger partial charge in [0.25, 0.3) is 10.0 Å². The van der Waals surface area contributed by atoms with E-state index in [1.54, 1.807) is 10.4 Å². The Morgan fingerprint density at radius 1 is 1.44 bits per heavy atom. The summed E-state index contributed by atoms with van der Waals surface area (Å²) in [5.74, 6) is 0. The molecule has 1 fully saturated rings. The Labute approximate surface area is 113 Å². The average Bonchev–Trinajstić information content (AvgIpc) is 2.81. The SMILES string of the molecule is CCc1ccc(S(=O)(=O)N2CC(C)NCC2C)s1. The molecule has 0 aromatic carbocycles. The summed E-state index contributed by atoms with van der Waals surface area (Å²) in [7, 11) is -3.32. The monoisotopic (exact) mass is 288 g/mol. The fraction of sp³-hybridized carbons (Fsp3) is 0.667. The fourth-order valence-electron chi connectivity index (χ4n) is 2.13. The third-order valence-corrected chi connectivity index (χ3v) is 6.93. The van der Waals surface area contributed by atoms with Crippen LogP contribution in [0.3, 0.4) is 0 Å². The van der Waals surface area contributed by atoms with Crippen molar-refractivity contribution in [1.29, 1.82) is 0 Å². The van der Waals surface area contributed by atoms with Crippen molar-refractivity contribution in [3.05, 3.63) is 17.0 Å². The van der Waals surface area contributed by atoms with Crippen LogP contribution in [0.4, 0.5) is 0 Å². The van der Waals surface area contributed by atoms with Gasteiger partial charge in [-0.3, -0.25) is 0 Å². The molecule has 2 rings (SSSR count). The molecule has 2 atom stereocenters. The van der Waals surface area contributed by atoms with Gasteiger partial charge >= 0.3 is 0 Å². The highest BCUT2D eigenvalue weighted by Crippen LogP contribution is 2.27. The van der Waals surface area contributed by atoms with Crippen LogP contribution in [0, 0.1) is 0 Å². The largest absolute Gasteiger partial charge is 0.311 e. The molecule has 102 valence electrons. The predicted molar refractivity (Wildman–Crippen MR) is 74.5 cm³/mol. The molecule has 1 aromatic heterocycles. The predicted octanol–water partition coefficient (Wildman–Crippen LogP) is 1.68. The molecule has 2 heterocycles. The van der Waals surface area contributed by atoms with Crippen molar-refractivity contribution in [3.8, 4) is 0 Å². The van der Waals surface area contributed by atoms with Gasteiger partial charge < -0.3 is 5.32 Å². The molecule has 1 aliphatic rings. The molecule has 1 N–H and O–H groups in total. The van der Waals surface area contributed by atoms with E-state index in [2.05, 4.69) is 5.32 Å². The summed E-state index contributed by atoms with van der Waals surface area (Å²) in [4.78, 5) is 1.12. The molecular formula is C12H20N2O2S2. The minimum Gasteiger partial charge on any atom is -0.311 e. The van der Waals surface area contributed by atoms with E-state index >= 15 is 0 Å². The number of nitrogens with one attached hydrogen (secondary N) is 1. The molecule has 1 aliphatic heterocycles. The minimum atomic E-state index is -3.32. The summed E-state index contributed by atoms with van der Waals surface area (Å²) in [6.45, 7) is 7.26. The Hall–Kier alpha value is -0.430. The number of nitrogens with zero attached hydrogens (tertiary/aromatic N) is 1. The molecule has 0 radical (unpaired) electrons. The Morgan fingerprint density at radius 3 is 2.78 bits per heavy atom. The quantitative estimate of drug-likeness (QED) is 0.920. The molecule has 6 heteroatoms.